The van der Waals surface area contributed by atoms with E-state index in [0.717, 1.165) is 5.57 Å². The molecule has 0 unspecified atom stereocenters. The summed E-state index contributed by atoms with van der Waals surface area (Å²) in [5.74, 6) is 0. The molecule has 3 heteroatoms. The van der Waals surface area contributed by atoms with E-state index in [-0.39, 0.29) is 0 Å². The molecule has 0 aromatic rings. The van der Waals surface area contributed by atoms with Gasteiger partial charge in [0.25, 0.3) is 0 Å². The van der Waals surface area contributed by atoms with Crippen molar-refractivity contribution in [1.82, 2.24) is 0 Å². The van der Waals surface area contributed by atoms with Gasteiger partial charge in [-0.2, -0.15) is 0 Å². The Bertz CT molecular complexity index is 118. The van der Waals surface area contributed by atoms with Crippen LogP contribution in [0.15, 0.2) is 11.8 Å². The van der Waals surface area contributed by atoms with Crippen LogP contribution in [-0.2, 0) is 4.74 Å². The molecular weight excluding hydrogens is 116 g/mol. The average Bonchev–Trinajstić information content (AvgIpc) is 1.88. The maximum absolute atomic E-state index is 5.23. The van der Waals surface area contributed by atoms with E-state index in [1.54, 1.807) is 13.3 Å². The third kappa shape index (κ3) is 3.73. The summed E-state index contributed by atoms with van der Waals surface area (Å²) in [5.41, 5.74) is 6.18. The van der Waals surface area contributed by atoms with E-state index in [4.69, 9.17) is 10.5 Å². The molecule has 0 heterocycles. The number of hydrogen-bond donors (Lipinski definition) is 2. The summed E-state index contributed by atoms with van der Waals surface area (Å²) < 4.78 is 4.83. The van der Waals surface area contributed by atoms with Crippen LogP contribution in [0.1, 0.15) is 0 Å². The number of ether oxygens (including phenoxy) is 1. The van der Waals surface area contributed by atoms with E-state index < -0.39 is 0 Å². The van der Waals surface area contributed by atoms with Crippen molar-refractivity contribution in [3.8, 4) is 0 Å². The molecule has 52 valence electrons. The molecule has 0 aromatic heterocycles. The van der Waals surface area contributed by atoms with E-state index in [2.05, 4.69) is 4.99 Å². The molecule has 0 aliphatic rings. The van der Waals surface area contributed by atoms with Crippen LogP contribution in [0.25, 0.3) is 0 Å². The van der Waals surface area contributed by atoms with Gasteiger partial charge in [-0.1, -0.05) is 0 Å². The van der Waals surface area contributed by atoms with Gasteiger partial charge in [0.05, 0.1) is 12.2 Å². The minimum absolute atomic E-state index is 0.553. The quantitative estimate of drug-likeness (QED) is 0.444. The van der Waals surface area contributed by atoms with Gasteiger partial charge in [0.1, 0.15) is 7.05 Å². The summed E-state index contributed by atoms with van der Waals surface area (Å²) in [6.07, 6.45) is 3.31. The zero-order valence-corrected chi connectivity index (χ0v) is 5.85. The lowest BCUT2D eigenvalue weighted by Crippen LogP contribution is -2.63. The Balaban J connectivity index is 3.70. The van der Waals surface area contributed by atoms with Crippen molar-refractivity contribution in [1.29, 1.82) is 0 Å². The molecule has 0 atom stereocenters. The number of nitrogens with two attached hydrogens (primary N) is 1. The fourth-order valence-electron chi connectivity index (χ4n) is 0.490. The molecule has 0 bridgehead atoms. The molecule has 3 nitrogen and oxygen atoms in total. The number of hydrogen-bond acceptors (Lipinski definition) is 2. The van der Waals surface area contributed by atoms with Crippen molar-refractivity contribution in [3.63, 3.8) is 0 Å². The maximum Gasteiger partial charge on any atom is 0.168 e. The molecule has 0 amide bonds. The molecule has 0 radical (unpaired) electrons. The summed E-state index contributed by atoms with van der Waals surface area (Å²) in [4.78, 5) is 2.85. The molecule has 0 aliphatic carbocycles. The zero-order chi connectivity index (χ0) is 7.11. The molecule has 3 N–H and O–H groups in total. The van der Waals surface area contributed by atoms with E-state index >= 15 is 0 Å². The predicted octanol–water partition coefficient (Wildman–Crippen LogP) is -1.74. The van der Waals surface area contributed by atoms with Gasteiger partial charge in [-0.15, -0.1) is 0 Å². The highest BCUT2D eigenvalue weighted by Gasteiger charge is 1.91. The van der Waals surface area contributed by atoms with Crippen LogP contribution in [0.3, 0.4) is 0 Å². The van der Waals surface area contributed by atoms with Crippen LogP contribution < -0.4 is 10.7 Å². The molecule has 0 saturated carbocycles. The topological polar surface area (TPSA) is 49.2 Å². The summed E-state index contributed by atoms with van der Waals surface area (Å²) >= 11 is 0. The Labute approximate surface area is 55.2 Å². The maximum atomic E-state index is 5.23. The molecular formula is C6H13N2O+. The van der Waals surface area contributed by atoms with E-state index in [1.165, 1.54) is 6.20 Å². The smallest absolute Gasteiger partial charge is 0.168 e. The molecule has 0 rings (SSSR count). The third-order valence-corrected chi connectivity index (χ3v) is 0.855. The molecule has 0 fully saturated rings. The Morgan fingerprint density at radius 1 is 1.78 bits per heavy atom. The van der Waals surface area contributed by atoms with Crippen LogP contribution in [0.2, 0.25) is 0 Å². The number of methoxy groups -OCH3 is 1. The first kappa shape index (κ1) is 8.17. The minimum atomic E-state index is 0.553. The van der Waals surface area contributed by atoms with Gasteiger partial charge in [0, 0.05) is 13.3 Å². The van der Waals surface area contributed by atoms with Crippen LogP contribution in [-0.4, -0.2) is 27.0 Å². The molecule has 0 aromatic carbocycles. The number of nitrogens with one attached hydrogen (secondary N) is 1. The number of rotatable bonds is 3. The van der Waals surface area contributed by atoms with Gasteiger partial charge < -0.3 is 10.5 Å². The lowest BCUT2D eigenvalue weighted by atomic mass is 10.3. The van der Waals surface area contributed by atoms with Gasteiger partial charge >= 0.3 is 0 Å². The minimum Gasteiger partial charge on any atom is -0.404 e. The van der Waals surface area contributed by atoms with Gasteiger partial charge in [0.2, 0.25) is 0 Å². The monoisotopic (exact) mass is 129 g/mol. The highest BCUT2D eigenvalue weighted by atomic mass is 16.5. The Morgan fingerprint density at radius 2 is 2.44 bits per heavy atom. The van der Waals surface area contributed by atoms with Gasteiger partial charge in [-0.3, -0.25) is 4.99 Å². The lowest BCUT2D eigenvalue weighted by molar-refractivity contribution is -0.413. The largest absolute Gasteiger partial charge is 0.404 e. The highest BCUT2D eigenvalue weighted by molar-refractivity contribution is 5.73. The predicted molar refractivity (Wildman–Crippen MR) is 37.1 cm³/mol. The standard InChI is InChI=1S/C6H12N2O/c1-8-4-6(3-7)5-9-2/h3-4H,5,7H2,1-2H3/p+1. The molecule has 0 aliphatic heterocycles. The van der Waals surface area contributed by atoms with Crippen LogP contribution in [0.5, 0.6) is 0 Å². The summed E-state index contributed by atoms with van der Waals surface area (Å²) in [7, 11) is 3.45. The lowest BCUT2D eigenvalue weighted by Gasteiger charge is -1.92. The fourth-order valence-corrected chi connectivity index (χ4v) is 0.490. The summed E-state index contributed by atoms with van der Waals surface area (Å²) in [5, 5.41) is 0. The molecule has 0 saturated heterocycles. The van der Waals surface area contributed by atoms with E-state index in [9.17, 15) is 0 Å². The second-order valence-corrected chi connectivity index (χ2v) is 1.61. The Kier molecular flexibility index (Phi) is 4.82. The second-order valence-electron chi connectivity index (χ2n) is 1.61. The van der Waals surface area contributed by atoms with Crippen molar-refractivity contribution in [3.05, 3.63) is 11.8 Å². The molecule has 0 spiro atoms. The summed E-state index contributed by atoms with van der Waals surface area (Å²) in [6.45, 7) is 0.553. The van der Waals surface area contributed by atoms with Crippen molar-refractivity contribution < 1.29 is 9.73 Å². The SMILES string of the molecule is C[NH+]=CC(=CN)COC. The third-order valence-electron chi connectivity index (χ3n) is 0.855. The van der Waals surface area contributed by atoms with E-state index in [1.807, 2.05) is 7.05 Å². The van der Waals surface area contributed by atoms with Crippen molar-refractivity contribution in [2.75, 3.05) is 20.8 Å². The fraction of sp³-hybridized carbons (Fsp3) is 0.500. The van der Waals surface area contributed by atoms with Gasteiger partial charge in [0.15, 0.2) is 6.21 Å². The second kappa shape index (κ2) is 5.31. The van der Waals surface area contributed by atoms with Crippen LogP contribution >= 0.6 is 0 Å². The zero-order valence-electron chi connectivity index (χ0n) is 5.85. The average molecular weight is 129 g/mol. The normalized spacial score (nSPS) is 12.9. The van der Waals surface area contributed by atoms with Crippen molar-refractivity contribution >= 4 is 6.21 Å². The van der Waals surface area contributed by atoms with Crippen molar-refractivity contribution in [2.45, 2.75) is 0 Å². The van der Waals surface area contributed by atoms with Crippen LogP contribution in [0, 0.1) is 0 Å². The Hall–Kier alpha value is -0.830. The highest BCUT2D eigenvalue weighted by Crippen LogP contribution is 1.82. The van der Waals surface area contributed by atoms with Crippen LogP contribution in [0.4, 0.5) is 0 Å². The van der Waals surface area contributed by atoms with Gasteiger partial charge in [-0.25, -0.2) is 0 Å². The first-order chi connectivity index (χ1) is 4.35. The Morgan fingerprint density at radius 3 is 2.78 bits per heavy atom. The van der Waals surface area contributed by atoms with E-state index in [0.29, 0.717) is 6.61 Å². The van der Waals surface area contributed by atoms with Gasteiger partial charge in [-0.05, 0) is 0 Å². The summed E-state index contributed by atoms with van der Waals surface area (Å²) in [6, 6.07) is 0. The first-order valence-corrected chi connectivity index (χ1v) is 2.75. The van der Waals surface area contributed by atoms with Crippen molar-refractivity contribution in [2.24, 2.45) is 5.73 Å². The first-order valence-electron chi connectivity index (χ1n) is 2.75. The molecule has 9 heavy (non-hydrogen) atoms.